The first-order chi connectivity index (χ1) is 9.67. The van der Waals surface area contributed by atoms with Crippen molar-refractivity contribution in [2.24, 2.45) is 0 Å². The minimum absolute atomic E-state index is 0.557. The fraction of sp³-hybridized carbons (Fsp3) is 0.200. The van der Waals surface area contributed by atoms with E-state index in [1.165, 1.54) is 9.77 Å². The number of thioether (sulfide) groups is 1. The molecule has 0 amide bonds. The molecule has 2 aromatic heterocycles. The van der Waals surface area contributed by atoms with E-state index in [0.717, 1.165) is 21.5 Å². The molecule has 0 aliphatic carbocycles. The predicted octanol–water partition coefficient (Wildman–Crippen LogP) is 4.36. The number of anilines is 1. The summed E-state index contributed by atoms with van der Waals surface area (Å²) in [4.78, 5) is 12.5. The molecule has 0 saturated heterocycles. The third kappa shape index (κ3) is 2.51. The van der Waals surface area contributed by atoms with Crippen LogP contribution in [-0.4, -0.2) is 15.7 Å². The molecular formula is C15H15N3S2. The largest absolute Gasteiger partial charge is 0.383 e. The average molecular weight is 301 g/mol. The van der Waals surface area contributed by atoms with Gasteiger partial charge in [-0.1, -0.05) is 19.1 Å². The van der Waals surface area contributed by atoms with Gasteiger partial charge in [0.05, 0.1) is 5.39 Å². The summed E-state index contributed by atoms with van der Waals surface area (Å²) in [6.45, 7) is 4.21. The third-order valence-electron chi connectivity index (χ3n) is 2.97. The number of aromatic nitrogens is 2. The molecule has 0 aliphatic rings. The molecule has 2 N–H and O–H groups in total. The summed E-state index contributed by atoms with van der Waals surface area (Å²) in [6, 6.07) is 10.4. The molecular weight excluding hydrogens is 286 g/mol. The van der Waals surface area contributed by atoms with Gasteiger partial charge in [-0.15, -0.1) is 23.1 Å². The molecule has 1 aromatic carbocycles. The van der Waals surface area contributed by atoms with E-state index in [0.29, 0.717) is 11.6 Å². The Balaban J connectivity index is 2.04. The first-order valence-corrected chi connectivity index (χ1v) is 8.24. The smallest absolute Gasteiger partial charge is 0.163 e. The molecule has 0 atom stereocenters. The maximum atomic E-state index is 6.04. The van der Waals surface area contributed by atoms with Gasteiger partial charge in [0.2, 0.25) is 0 Å². The highest BCUT2D eigenvalue weighted by Crippen LogP contribution is 2.30. The zero-order chi connectivity index (χ0) is 14.1. The Labute approximate surface area is 126 Å². The molecule has 2 heterocycles. The van der Waals surface area contributed by atoms with Crippen LogP contribution in [-0.2, 0) is 0 Å². The fourth-order valence-corrected chi connectivity index (χ4v) is 3.61. The molecule has 0 radical (unpaired) electrons. The first kappa shape index (κ1) is 13.4. The highest BCUT2D eigenvalue weighted by atomic mass is 32.2. The molecule has 0 aliphatic heterocycles. The van der Waals surface area contributed by atoms with Crippen molar-refractivity contribution < 1.29 is 0 Å². The first-order valence-electron chi connectivity index (χ1n) is 6.44. The predicted molar refractivity (Wildman–Crippen MR) is 88.4 cm³/mol. The second-order valence-corrected chi connectivity index (χ2v) is 7.04. The van der Waals surface area contributed by atoms with Crippen LogP contribution in [0.25, 0.3) is 21.6 Å². The molecule has 0 bridgehead atoms. The summed E-state index contributed by atoms with van der Waals surface area (Å²) in [7, 11) is 0. The van der Waals surface area contributed by atoms with Crippen molar-refractivity contribution in [3.05, 3.63) is 35.2 Å². The molecule has 20 heavy (non-hydrogen) atoms. The highest BCUT2D eigenvalue weighted by molar-refractivity contribution is 7.99. The van der Waals surface area contributed by atoms with E-state index in [9.17, 15) is 0 Å². The summed E-state index contributed by atoms with van der Waals surface area (Å²) in [6.07, 6.45) is 0. The van der Waals surface area contributed by atoms with Crippen LogP contribution in [0.2, 0.25) is 0 Å². The molecule has 5 heteroatoms. The second-order valence-electron chi connectivity index (χ2n) is 4.47. The minimum Gasteiger partial charge on any atom is -0.383 e. The van der Waals surface area contributed by atoms with Crippen LogP contribution in [0.15, 0.2) is 35.2 Å². The SMILES string of the molecule is CCSc1ccc(-c2nc(N)c3cc(C)sc3n2)cc1. The Bertz CT molecular complexity index is 748. The van der Waals surface area contributed by atoms with Crippen molar-refractivity contribution in [1.82, 2.24) is 9.97 Å². The summed E-state index contributed by atoms with van der Waals surface area (Å²) in [5, 5.41) is 0.953. The van der Waals surface area contributed by atoms with Crippen molar-refractivity contribution in [2.45, 2.75) is 18.7 Å². The Morgan fingerprint density at radius 1 is 1.20 bits per heavy atom. The number of thiophene rings is 1. The summed E-state index contributed by atoms with van der Waals surface area (Å²) >= 11 is 3.48. The minimum atomic E-state index is 0.557. The lowest BCUT2D eigenvalue weighted by molar-refractivity contribution is 1.24. The van der Waals surface area contributed by atoms with Gasteiger partial charge in [0.1, 0.15) is 10.6 Å². The fourth-order valence-electron chi connectivity index (χ4n) is 2.06. The highest BCUT2D eigenvalue weighted by Gasteiger charge is 2.09. The lowest BCUT2D eigenvalue weighted by atomic mass is 10.2. The number of nitrogens with two attached hydrogens (primary N) is 1. The number of aryl methyl sites for hydroxylation is 1. The maximum absolute atomic E-state index is 6.04. The monoisotopic (exact) mass is 301 g/mol. The molecule has 0 fully saturated rings. The van der Waals surface area contributed by atoms with Crippen LogP contribution in [0, 0.1) is 6.92 Å². The number of rotatable bonds is 3. The third-order valence-corrected chi connectivity index (χ3v) is 4.81. The number of benzene rings is 1. The molecule has 0 spiro atoms. The Morgan fingerprint density at radius 2 is 1.95 bits per heavy atom. The van der Waals surface area contributed by atoms with Crippen LogP contribution in [0.1, 0.15) is 11.8 Å². The van der Waals surface area contributed by atoms with Crippen molar-refractivity contribution in [3.8, 4) is 11.4 Å². The topological polar surface area (TPSA) is 51.8 Å². The van der Waals surface area contributed by atoms with Gasteiger partial charge in [-0.25, -0.2) is 9.97 Å². The molecule has 3 aromatic rings. The van der Waals surface area contributed by atoms with Crippen LogP contribution in [0.3, 0.4) is 0 Å². The second kappa shape index (κ2) is 5.42. The number of fused-ring (bicyclic) bond motifs is 1. The van der Waals surface area contributed by atoms with E-state index in [4.69, 9.17) is 5.73 Å². The molecule has 3 rings (SSSR count). The Hall–Kier alpha value is -1.59. The van der Waals surface area contributed by atoms with E-state index in [1.54, 1.807) is 11.3 Å². The van der Waals surface area contributed by atoms with Crippen LogP contribution in [0.4, 0.5) is 5.82 Å². The summed E-state index contributed by atoms with van der Waals surface area (Å²) in [5.41, 5.74) is 7.04. The van der Waals surface area contributed by atoms with E-state index < -0.39 is 0 Å². The van der Waals surface area contributed by atoms with Crippen LogP contribution < -0.4 is 5.73 Å². The molecule has 0 unspecified atom stereocenters. The van der Waals surface area contributed by atoms with Crippen molar-refractivity contribution in [2.75, 3.05) is 11.5 Å². The van der Waals surface area contributed by atoms with Gasteiger partial charge in [-0.2, -0.15) is 0 Å². The Kier molecular flexibility index (Phi) is 3.63. The van der Waals surface area contributed by atoms with Gasteiger partial charge in [0.15, 0.2) is 5.82 Å². The lowest BCUT2D eigenvalue weighted by Gasteiger charge is -2.04. The Morgan fingerprint density at radius 3 is 2.65 bits per heavy atom. The lowest BCUT2D eigenvalue weighted by Crippen LogP contribution is -1.95. The summed E-state index contributed by atoms with van der Waals surface area (Å²) < 4.78 is 0. The van der Waals surface area contributed by atoms with E-state index in [1.807, 2.05) is 17.8 Å². The van der Waals surface area contributed by atoms with Gasteiger partial charge in [0.25, 0.3) is 0 Å². The number of nitrogens with zero attached hydrogens (tertiary/aromatic N) is 2. The van der Waals surface area contributed by atoms with E-state index >= 15 is 0 Å². The van der Waals surface area contributed by atoms with Gasteiger partial charge in [0, 0.05) is 15.3 Å². The number of hydrogen-bond donors (Lipinski definition) is 1. The normalized spacial score (nSPS) is 11.1. The molecule has 0 saturated carbocycles. The van der Waals surface area contributed by atoms with Crippen molar-refractivity contribution in [3.63, 3.8) is 0 Å². The number of nitrogen functional groups attached to an aromatic ring is 1. The van der Waals surface area contributed by atoms with Gasteiger partial charge < -0.3 is 5.73 Å². The van der Waals surface area contributed by atoms with Crippen LogP contribution >= 0.6 is 23.1 Å². The zero-order valence-corrected chi connectivity index (χ0v) is 13.0. The average Bonchev–Trinajstić information content (AvgIpc) is 2.81. The van der Waals surface area contributed by atoms with Gasteiger partial charge >= 0.3 is 0 Å². The summed E-state index contributed by atoms with van der Waals surface area (Å²) in [5.74, 6) is 2.33. The van der Waals surface area contributed by atoms with Crippen LogP contribution in [0.5, 0.6) is 0 Å². The zero-order valence-electron chi connectivity index (χ0n) is 11.4. The molecule has 3 nitrogen and oxygen atoms in total. The van der Waals surface area contributed by atoms with Gasteiger partial charge in [-0.3, -0.25) is 0 Å². The van der Waals surface area contributed by atoms with E-state index in [-0.39, 0.29) is 0 Å². The van der Waals surface area contributed by atoms with Gasteiger partial charge in [-0.05, 0) is 30.9 Å². The standard InChI is InChI=1S/C15H15N3S2/c1-3-19-11-6-4-10(5-7-11)14-17-13(16)12-8-9(2)20-15(12)18-14/h4-8H,3H2,1-2H3,(H2,16,17,18). The maximum Gasteiger partial charge on any atom is 0.163 e. The van der Waals surface area contributed by atoms with Crippen molar-refractivity contribution >= 4 is 39.1 Å². The van der Waals surface area contributed by atoms with E-state index in [2.05, 4.69) is 48.1 Å². The van der Waals surface area contributed by atoms with Crippen molar-refractivity contribution in [1.29, 1.82) is 0 Å². The quantitative estimate of drug-likeness (QED) is 0.730. The number of hydrogen-bond acceptors (Lipinski definition) is 5. The molecule has 102 valence electrons.